The van der Waals surface area contributed by atoms with Crippen LogP contribution >= 0.6 is 0 Å². The molecule has 5 nitrogen and oxygen atoms in total. The van der Waals surface area contributed by atoms with Gasteiger partial charge in [0.1, 0.15) is 5.41 Å². The first-order valence-corrected chi connectivity index (χ1v) is 9.85. The first-order valence-electron chi connectivity index (χ1n) is 9.85. The maximum atomic E-state index is 12.9. The molecule has 0 radical (unpaired) electrons. The van der Waals surface area contributed by atoms with Crippen molar-refractivity contribution in [1.82, 2.24) is 0 Å². The van der Waals surface area contributed by atoms with Crippen LogP contribution in [0.1, 0.15) is 64.2 Å². The van der Waals surface area contributed by atoms with E-state index in [0.717, 1.165) is 57.1 Å². The van der Waals surface area contributed by atoms with Gasteiger partial charge in [0.25, 0.3) is 5.79 Å². The van der Waals surface area contributed by atoms with Crippen molar-refractivity contribution < 1.29 is 14.3 Å². The molecule has 0 unspecified atom stereocenters. The Labute approximate surface area is 153 Å². The molecule has 1 atom stereocenters. The molecule has 1 amide bonds. The monoisotopic (exact) mass is 352 g/mol. The van der Waals surface area contributed by atoms with E-state index in [-0.39, 0.29) is 11.3 Å². The molecule has 26 heavy (non-hydrogen) atoms. The molecule has 4 aliphatic rings. The summed E-state index contributed by atoms with van der Waals surface area (Å²) in [6, 6.07) is 7.89. The van der Waals surface area contributed by atoms with Crippen LogP contribution < -0.4 is 14.8 Å². The molecule has 1 aliphatic heterocycles. The third-order valence-electron chi connectivity index (χ3n) is 6.93. The number of nitrogens with one attached hydrogen (secondary N) is 1. The lowest BCUT2D eigenvalue weighted by Crippen LogP contribution is -2.40. The van der Waals surface area contributed by atoms with Gasteiger partial charge in [-0.15, -0.1) is 0 Å². The average Bonchev–Trinajstić information content (AvgIpc) is 2.90. The van der Waals surface area contributed by atoms with Crippen molar-refractivity contribution in [1.29, 1.82) is 5.26 Å². The van der Waals surface area contributed by atoms with Gasteiger partial charge in [-0.1, -0.05) is 19.3 Å². The second kappa shape index (κ2) is 5.39. The van der Waals surface area contributed by atoms with Crippen molar-refractivity contribution >= 4 is 11.6 Å². The fraction of sp³-hybridized carbons (Fsp3) is 0.619. The molecule has 0 saturated heterocycles. The minimum absolute atomic E-state index is 0.0751. The lowest BCUT2D eigenvalue weighted by atomic mass is 9.91. The van der Waals surface area contributed by atoms with E-state index < -0.39 is 11.2 Å². The zero-order valence-electron chi connectivity index (χ0n) is 15.0. The smallest absolute Gasteiger partial charge is 0.251 e. The van der Waals surface area contributed by atoms with Crippen molar-refractivity contribution in [3.05, 3.63) is 18.2 Å². The highest BCUT2D eigenvalue weighted by Gasteiger charge is 2.72. The molecular formula is C21H24N2O3. The number of rotatable bonds is 2. The summed E-state index contributed by atoms with van der Waals surface area (Å²) in [5, 5.41) is 12.7. The van der Waals surface area contributed by atoms with Crippen molar-refractivity contribution in [2.45, 2.75) is 70.0 Å². The Morgan fingerprint density at radius 2 is 1.69 bits per heavy atom. The number of ether oxygens (including phenoxy) is 2. The Balaban J connectivity index is 1.33. The SMILES string of the molecule is N#C[C@@]1(C(=O)Nc2ccc3c(c2)OC2(CCCCC2)O3)CC12CCCC2. The molecule has 1 heterocycles. The lowest BCUT2D eigenvalue weighted by Gasteiger charge is -2.31. The summed E-state index contributed by atoms with van der Waals surface area (Å²) >= 11 is 0. The number of benzene rings is 1. The lowest BCUT2D eigenvalue weighted by molar-refractivity contribution is -0.120. The van der Waals surface area contributed by atoms with Gasteiger partial charge in [0, 0.05) is 30.0 Å². The third kappa shape index (κ3) is 2.17. The largest absolute Gasteiger partial charge is 0.448 e. The van der Waals surface area contributed by atoms with Crippen LogP contribution in [0.3, 0.4) is 0 Å². The van der Waals surface area contributed by atoms with E-state index in [1.807, 2.05) is 18.2 Å². The van der Waals surface area contributed by atoms with Gasteiger partial charge in [-0.05, 0) is 44.2 Å². The molecule has 5 rings (SSSR count). The number of hydrogen-bond acceptors (Lipinski definition) is 4. The molecule has 3 aliphatic carbocycles. The van der Waals surface area contributed by atoms with Gasteiger partial charge >= 0.3 is 0 Å². The van der Waals surface area contributed by atoms with Gasteiger partial charge in [0.15, 0.2) is 11.5 Å². The van der Waals surface area contributed by atoms with Crippen LogP contribution in [0.15, 0.2) is 18.2 Å². The molecule has 1 aromatic carbocycles. The number of hydrogen-bond donors (Lipinski definition) is 1. The summed E-state index contributed by atoms with van der Waals surface area (Å²) in [5.41, 5.74) is -0.237. The Kier molecular flexibility index (Phi) is 3.31. The highest BCUT2D eigenvalue weighted by molar-refractivity contribution is 6.00. The van der Waals surface area contributed by atoms with Crippen molar-refractivity contribution in [3.8, 4) is 17.6 Å². The Morgan fingerprint density at radius 3 is 2.42 bits per heavy atom. The maximum Gasteiger partial charge on any atom is 0.251 e. The number of nitriles is 1. The van der Waals surface area contributed by atoms with Crippen LogP contribution in [0.4, 0.5) is 5.69 Å². The number of fused-ring (bicyclic) bond motifs is 1. The van der Waals surface area contributed by atoms with Crippen molar-refractivity contribution in [2.24, 2.45) is 10.8 Å². The van der Waals surface area contributed by atoms with Crippen molar-refractivity contribution in [3.63, 3.8) is 0 Å². The molecule has 3 fully saturated rings. The summed E-state index contributed by atoms with van der Waals surface area (Å²) < 4.78 is 12.2. The van der Waals surface area contributed by atoms with Gasteiger partial charge in [0.05, 0.1) is 6.07 Å². The number of carbonyl (C=O) groups excluding carboxylic acids is 1. The van der Waals surface area contributed by atoms with E-state index in [1.165, 1.54) is 6.42 Å². The normalized spacial score (nSPS) is 29.5. The minimum atomic E-state index is -0.843. The van der Waals surface area contributed by atoms with E-state index in [0.29, 0.717) is 17.9 Å². The molecule has 5 heteroatoms. The van der Waals surface area contributed by atoms with E-state index in [2.05, 4.69) is 11.4 Å². The Morgan fingerprint density at radius 1 is 1.00 bits per heavy atom. The maximum absolute atomic E-state index is 12.9. The third-order valence-corrected chi connectivity index (χ3v) is 6.93. The van der Waals surface area contributed by atoms with Gasteiger partial charge in [0.2, 0.25) is 5.91 Å². The topological polar surface area (TPSA) is 71.4 Å². The van der Waals surface area contributed by atoms with E-state index in [4.69, 9.17) is 9.47 Å². The molecule has 136 valence electrons. The summed E-state index contributed by atoms with van der Waals surface area (Å²) in [5.74, 6) is 0.774. The second-order valence-electron chi connectivity index (χ2n) is 8.47. The number of carbonyl (C=O) groups is 1. The van der Waals surface area contributed by atoms with E-state index >= 15 is 0 Å². The quantitative estimate of drug-likeness (QED) is 0.849. The zero-order chi connectivity index (χ0) is 17.8. The highest BCUT2D eigenvalue weighted by atomic mass is 16.7. The zero-order valence-corrected chi connectivity index (χ0v) is 15.0. The standard InChI is InChI=1S/C21H24N2O3/c22-14-20(13-19(20)8-4-5-9-19)18(24)23-15-6-7-16-17(12-15)26-21(25-16)10-2-1-3-11-21/h6-7,12H,1-5,8-11,13H2,(H,23,24)/t20-/m1/s1. The van der Waals surface area contributed by atoms with Crippen LogP contribution in [-0.2, 0) is 4.79 Å². The average molecular weight is 352 g/mol. The Bertz CT molecular complexity index is 800. The van der Waals surface area contributed by atoms with Gasteiger partial charge < -0.3 is 14.8 Å². The predicted molar refractivity (Wildman–Crippen MR) is 95.7 cm³/mol. The fourth-order valence-electron chi connectivity index (χ4n) is 5.35. The van der Waals surface area contributed by atoms with Gasteiger partial charge in [-0.2, -0.15) is 5.26 Å². The number of amides is 1. The summed E-state index contributed by atoms with van der Waals surface area (Å²) in [6.07, 6.45) is 10.2. The first kappa shape index (κ1) is 16.0. The summed E-state index contributed by atoms with van der Waals surface area (Å²) in [4.78, 5) is 12.9. The molecule has 2 spiro atoms. The molecule has 3 saturated carbocycles. The van der Waals surface area contributed by atoms with Crippen LogP contribution in [-0.4, -0.2) is 11.7 Å². The minimum Gasteiger partial charge on any atom is -0.448 e. The van der Waals surface area contributed by atoms with Crippen molar-refractivity contribution in [2.75, 3.05) is 5.32 Å². The summed E-state index contributed by atoms with van der Waals surface area (Å²) in [7, 11) is 0. The molecule has 1 N–H and O–H groups in total. The van der Waals surface area contributed by atoms with Gasteiger partial charge in [-0.3, -0.25) is 4.79 Å². The molecular weight excluding hydrogens is 328 g/mol. The predicted octanol–water partition coefficient (Wildman–Crippen LogP) is 4.53. The fourth-order valence-corrected chi connectivity index (χ4v) is 5.35. The first-order chi connectivity index (χ1) is 12.6. The Hall–Kier alpha value is -2.22. The second-order valence-corrected chi connectivity index (χ2v) is 8.47. The molecule has 0 bridgehead atoms. The number of anilines is 1. The number of nitrogens with zero attached hydrogens (tertiary/aromatic N) is 1. The molecule has 1 aromatic rings. The van der Waals surface area contributed by atoms with E-state index in [1.54, 1.807) is 0 Å². The highest BCUT2D eigenvalue weighted by Crippen LogP contribution is 2.71. The van der Waals surface area contributed by atoms with Crippen LogP contribution in [0.5, 0.6) is 11.5 Å². The summed E-state index contributed by atoms with van der Waals surface area (Å²) in [6.45, 7) is 0. The van der Waals surface area contributed by atoms with Crippen LogP contribution in [0.2, 0.25) is 0 Å². The molecule has 0 aromatic heterocycles. The van der Waals surface area contributed by atoms with E-state index in [9.17, 15) is 10.1 Å². The van der Waals surface area contributed by atoms with Crippen LogP contribution in [0.25, 0.3) is 0 Å². The van der Waals surface area contributed by atoms with Crippen LogP contribution in [0, 0.1) is 22.2 Å². The van der Waals surface area contributed by atoms with Gasteiger partial charge in [-0.25, -0.2) is 0 Å².